The first-order chi connectivity index (χ1) is 7.74. The molecular weight excluding hydrogens is 286 g/mol. The molecule has 0 aromatic heterocycles. The molecular formula is C12H16BrNOS. The Labute approximate surface area is 109 Å². The third kappa shape index (κ3) is 2.93. The summed E-state index contributed by atoms with van der Waals surface area (Å²) in [6, 6.07) is 8.13. The van der Waals surface area contributed by atoms with Gasteiger partial charge in [0.1, 0.15) is 0 Å². The van der Waals surface area contributed by atoms with Crippen LogP contribution in [-0.2, 0) is 0 Å². The van der Waals surface area contributed by atoms with Gasteiger partial charge in [0.15, 0.2) is 0 Å². The third-order valence-corrected chi connectivity index (χ3v) is 4.52. The number of thioether (sulfide) groups is 1. The number of nitrogens with one attached hydrogen (secondary N) is 1. The Morgan fingerprint density at radius 1 is 1.25 bits per heavy atom. The molecule has 2 N–H and O–H groups in total. The number of aliphatic hydroxyl groups excluding tert-OH is 1. The summed E-state index contributed by atoms with van der Waals surface area (Å²) in [5, 5.41) is 13.1. The van der Waals surface area contributed by atoms with Gasteiger partial charge in [0.2, 0.25) is 0 Å². The van der Waals surface area contributed by atoms with Gasteiger partial charge in [-0.05, 0) is 48.6 Å². The SMILES string of the molecule is OCC1(Nc2ccc(Br)cc2)CCSCC1. The summed E-state index contributed by atoms with van der Waals surface area (Å²) in [6.07, 6.45) is 2.06. The molecule has 0 bridgehead atoms. The van der Waals surface area contributed by atoms with E-state index in [2.05, 4.69) is 21.2 Å². The second-order valence-corrected chi connectivity index (χ2v) is 6.32. The lowest BCUT2D eigenvalue weighted by Gasteiger charge is -2.37. The van der Waals surface area contributed by atoms with Crippen LogP contribution in [0.15, 0.2) is 28.7 Å². The molecule has 1 saturated heterocycles. The second kappa shape index (κ2) is 5.43. The average molecular weight is 302 g/mol. The van der Waals surface area contributed by atoms with Crippen LogP contribution >= 0.6 is 27.7 Å². The Balaban J connectivity index is 2.08. The van der Waals surface area contributed by atoms with Gasteiger partial charge in [-0.2, -0.15) is 11.8 Å². The summed E-state index contributed by atoms with van der Waals surface area (Å²) in [5.74, 6) is 2.26. The first-order valence-corrected chi connectivity index (χ1v) is 7.41. The minimum absolute atomic E-state index is 0.112. The molecule has 0 amide bonds. The number of hydrogen-bond acceptors (Lipinski definition) is 3. The summed E-state index contributed by atoms with van der Waals surface area (Å²) < 4.78 is 1.08. The molecule has 2 nitrogen and oxygen atoms in total. The molecule has 1 fully saturated rings. The molecule has 1 aliphatic heterocycles. The van der Waals surface area contributed by atoms with Gasteiger partial charge in [-0.15, -0.1) is 0 Å². The van der Waals surface area contributed by atoms with Crippen molar-refractivity contribution in [2.24, 2.45) is 0 Å². The van der Waals surface area contributed by atoms with E-state index >= 15 is 0 Å². The number of anilines is 1. The number of halogens is 1. The van der Waals surface area contributed by atoms with Crippen molar-refractivity contribution in [3.8, 4) is 0 Å². The maximum absolute atomic E-state index is 9.58. The number of benzene rings is 1. The molecule has 4 heteroatoms. The lowest BCUT2D eigenvalue weighted by molar-refractivity contribution is 0.202. The molecule has 0 unspecified atom stereocenters. The van der Waals surface area contributed by atoms with E-state index in [9.17, 15) is 5.11 Å². The zero-order valence-electron chi connectivity index (χ0n) is 9.08. The normalized spacial score (nSPS) is 19.4. The van der Waals surface area contributed by atoms with E-state index in [0.29, 0.717) is 0 Å². The van der Waals surface area contributed by atoms with Crippen molar-refractivity contribution in [3.63, 3.8) is 0 Å². The van der Waals surface area contributed by atoms with Crippen LogP contribution < -0.4 is 5.32 Å². The average Bonchev–Trinajstić information content (AvgIpc) is 2.33. The van der Waals surface area contributed by atoms with Gasteiger partial charge < -0.3 is 10.4 Å². The first-order valence-electron chi connectivity index (χ1n) is 5.46. The fourth-order valence-electron chi connectivity index (χ4n) is 1.92. The molecule has 0 saturated carbocycles. The Bertz CT molecular complexity index is 335. The van der Waals surface area contributed by atoms with Crippen LogP contribution in [0.25, 0.3) is 0 Å². The van der Waals surface area contributed by atoms with E-state index in [1.165, 1.54) is 0 Å². The highest BCUT2D eigenvalue weighted by atomic mass is 79.9. The Kier molecular flexibility index (Phi) is 4.16. The fraction of sp³-hybridized carbons (Fsp3) is 0.500. The van der Waals surface area contributed by atoms with Gasteiger partial charge in [-0.3, -0.25) is 0 Å². The van der Waals surface area contributed by atoms with Crippen LogP contribution in [-0.4, -0.2) is 28.8 Å². The summed E-state index contributed by atoms with van der Waals surface area (Å²) >= 11 is 5.39. The van der Waals surface area contributed by atoms with Gasteiger partial charge in [0.25, 0.3) is 0 Å². The topological polar surface area (TPSA) is 32.3 Å². The van der Waals surface area contributed by atoms with E-state index in [4.69, 9.17) is 0 Å². The van der Waals surface area contributed by atoms with Crippen LogP contribution in [0.3, 0.4) is 0 Å². The van der Waals surface area contributed by atoms with E-state index < -0.39 is 0 Å². The second-order valence-electron chi connectivity index (χ2n) is 4.18. The van der Waals surface area contributed by atoms with Gasteiger partial charge in [0, 0.05) is 10.2 Å². The van der Waals surface area contributed by atoms with Crippen LogP contribution in [0.5, 0.6) is 0 Å². The Hall–Kier alpha value is -0.190. The maximum Gasteiger partial charge on any atom is 0.0662 e. The van der Waals surface area contributed by atoms with Crippen molar-refractivity contribution >= 4 is 33.4 Å². The Morgan fingerprint density at radius 3 is 2.44 bits per heavy atom. The van der Waals surface area contributed by atoms with Gasteiger partial charge >= 0.3 is 0 Å². The minimum atomic E-state index is -0.112. The van der Waals surface area contributed by atoms with Crippen molar-refractivity contribution < 1.29 is 5.11 Å². The molecule has 1 aromatic carbocycles. The summed E-state index contributed by atoms with van der Waals surface area (Å²) in [6.45, 7) is 0.212. The molecule has 1 aliphatic rings. The smallest absolute Gasteiger partial charge is 0.0662 e. The van der Waals surface area contributed by atoms with E-state index in [0.717, 1.165) is 34.5 Å². The first kappa shape index (κ1) is 12.3. The highest BCUT2D eigenvalue weighted by Crippen LogP contribution is 2.30. The van der Waals surface area contributed by atoms with E-state index in [-0.39, 0.29) is 12.1 Å². The highest BCUT2D eigenvalue weighted by molar-refractivity contribution is 9.10. The van der Waals surface area contributed by atoms with Gasteiger partial charge in [-0.1, -0.05) is 15.9 Å². The molecule has 0 aliphatic carbocycles. The molecule has 16 heavy (non-hydrogen) atoms. The molecule has 1 aromatic rings. The van der Waals surface area contributed by atoms with E-state index in [1.807, 2.05) is 36.0 Å². The maximum atomic E-state index is 9.58. The van der Waals surface area contributed by atoms with Crippen LogP contribution in [0.4, 0.5) is 5.69 Å². The van der Waals surface area contributed by atoms with E-state index in [1.54, 1.807) is 0 Å². The van der Waals surface area contributed by atoms with Gasteiger partial charge in [0.05, 0.1) is 12.1 Å². The predicted octanol–water partition coefficient (Wildman–Crippen LogP) is 3.12. The Morgan fingerprint density at radius 2 is 1.88 bits per heavy atom. The quantitative estimate of drug-likeness (QED) is 0.900. The van der Waals surface area contributed by atoms with Gasteiger partial charge in [-0.25, -0.2) is 0 Å². The monoisotopic (exact) mass is 301 g/mol. The number of rotatable bonds is 3. The molecule has 1 heterocycles. The van der Waals surface area contributed by atoms with Crippen LogP contribution in [0.1, 0.15) is 12.8 Å². The number of hydrogen-bond donors (Lipinski definition) is 2. The number of aliphatic hydroxyl groups is 1. The highest BCUT2D eigenvalue weighted by Gasteiger charge is 2.31. The molecule has 2 rings (SSSR count). The van der Waals surface area contributed by atoms with Crippen molar-refractivity contribution in [1.29, 1.82) is 0 Å². The standard InChI is InChI=1S/C12H16BrNOS/c13-10-1-3-11(4-2-10)14-12(9-15)5-7-16-8-6-12/h1-4,14-15H,5-9H2. The zero-order chi connectivity index (χ0) is 11.4. The molecule has 0 spiro atoms. The van der Waals surface area contributed by atoms with Crippen molar-refractivity contribution in [3.05, 3.63) is 28.7 Å². The lowest BCUT2D eigenvalue weighted by Crippen LogP contribution is -2.45. The minimum Gasteiger partial charge on any atom is -0.394 e. The van der Waals surface area contributed by atoms with Crippen molar-refractivity contribution in [2.45, 2.75) is 18.4 Å². The molecule has 88 valence electrons. The van der Waals surface area contributed by atoms with Crippen molar-refractivity contribution in [1.82, 2.24) is 0 Å². The van der Waals surface area contributed by atoms with Crippen LogP contribution in [0, 0.1) is 0 Å². The third-order valence-electron chi connectivity index (χ3n) is 3.01. The fourth-order valence-corrected chi connectivity index (χ4v) is 3.46. The van der Waals surface area contributed by atoms with Crippen molar-refractivity contribution in [2.75, 3.05) is 23.4 Å². The summed E-state index contributed by atoms with van der Waals surface area (Å²) in [5.41, 5.74) is 0.975. The summed E-state index contributed by atoms with van der Waals surface area (Å²) in [4.78, 5) is 0. The lowest BCUT2D eigenvalue weighted by atomic mass is 9.93. The summed E-state index contributed by atoms with van der Waals surface area (Å²) in [7, 11) is 0. The zero-order valence-corrected chi connectivity index (χ0v) is 11.5. The predicted molar refractivity (Wildman–Crippen MR) is 74.1 cm³/mol. The van der Waals surface area contributed by atoms with Crippen LogP contribution in [0.2, 0.25) is 0 Å². The molecule has 0 radical (unpaired) electrons. The largest absolute Gasteiger partial charge is 0.394 e. The molecule has 0 atom stereocenters.